The highest BCUT2D eigenvalue weighted by Gasteiger charge is 2.17. The van der Waals surface area contributed by atoms with Crippen LogP contribution in [0.2, 0.25) is 0 Å². The molecule has 0 fully saturated rings. The van der Waals surface area contributed by atoms with Crippen LogP contribution >= 0.6 is 0 Å². The molecule has 0 spiro atoms. The Labute approximate surface area is 127 Å². The molecule has 7 heteroatoms. The molecule has 0 amide bonds. The fourth-order valence-electron chi connectivity index (χ4n) is 1.92. The lowest BCUT2D eigenvalue weighted by Gasteiger charge is -2.08. The van der Waals surface area contributed by atoms with Crippen molar-refractivity contribution in [3.05, 3.63) is 65.2 Å². The van der Waals surface area contributed by atoms with Gasteiger partial charge in [0.2, 0.25) is 10.0 Å². The van der Waals surface area contributed by atoms with Gasteiger partial charge in [-0.25, -0.2) is 21.9 Å². The minimum Gasteiger partial charge on any atom is -0.211 e. The number of hydrogen-bond acceptors (Lipinski definition) is 3. The van der Waals surface area contributed by atoms with Gasteiger partial charge in [0.15, 0.2) is 0 Å². The molecule has 0 atom stereocenters. The number of rotatable bonds is 5. The van der Waals surface area contributed by atoms with E-state index in [-0.39, 0.29) is 29.0 Å². The first kappa shape index (κ1) is 16.1. The molecule has 22 heavy (non-hydrogen) atoms. The molecule has 114 valence electrons. The van der Waals surface area contributed by atoms with Crippen LogP contribution in [0.3, 0.4) is 0 Å². The average molecular weight is 322 g/mol. The van der Waals surface area contributed by atoms with E-state index in [0.717, 1.165) is 12.1 Å². The van der Waals surface area contributed by atoms with E-state index in [4.69, 9.17) is 5.26 Å². The van der Waals surface area contributed by atoms with Crippen LogP contribution in [-0.2, 0) is 16.4 Å². The first-order chi connectivity index (χ1) is 10.4. The van der Waals surface area contributed by atoms with Gasteiger partial charge in [-0.1, -0.05) is 18.2 Å². The first-order valence-electron chi connectivity index (χ1n) is 6.37. The van der Waals surface area contributed by atoms with Gasteiger partial charge in [0, 0.05) is 12.6 Å². The Morgan fingerprint density at radius 2 is 1.86 bits per heavy atom. The molecular formula is C15H12F2N2O2S. The van der Waals surface area contributed by atoms with E-state index in [1.165, 1.54) is 24.3 Å². The predicted molar refractivity (Wildman–Crippen MR) is 76.4 cm³/mol. The fourth-order valence-corrected chi connectivity index (χ4v) is 3.10. The third-order valence-corrected chi connectivity index (χ3v) is 4.52. The second-order valence-corrected chi connectivity index (χ2v) is 6.23. The first-order valence-corrected chi connectivity index (χ1v) is 7.85. The standard InChI is InChI=1S/C15H12F2N2O2S/c16-13-6-5-11(14(17)9-13)7-8-19-22(20,21)15-4-2-1-3-12(15)10-18/h1-6,9,19H,7-8H2. The van der Waals surface area contributed by atoms with Gasteiger partial charge in [0.25, 0.3) is 0 Å². The zero-order valence-corrected chi connectivity index (χ0v) is 12.2. The van der Waals surface area contributed by atoms with Crippen LogP contribution < -0.4 is 4.72 Å². The summed E-state index contributed by atoms with van der Waals surface area (Å²) >= 11 is 0. The predicted octanol–water partition coefficient (Wildman–Crippen LogP) is 2.36. The van der Waals surface area contributed by atoms with Crippen molar-refractivity contribution in [3.8, 4) is 6.07 Å². The van der Waals surface area contributed by atoms with Crippen LogP contribution in [0, 0.1) is 23.0 Å². The Morgan fingerprint density at radius 3 is 2.55 bits per heavy atom. The molecule has 0 aliphatic heterocycles. The number of sulfonamides is 1. The summed E-state index contributed by atoms with van der Waals surface area (Å²) in [5.41, 5.74) is 0.237. The molecule has 0 aliphatic carbocycles. The maximum absolute atomic E-state index is 13.5. The highest BCUT2D eigenvalue weighted by molar-refractivity contribution is 7.89. The Hall–Kier alpha value is -2.30. The summed E-state index contributed by atoms with van der Waals surface area (Å²) in [6, 6.07) is 10.7. The van der Waals surface area contributed by atoms with Crippen LogP contribution in [0.1, 0.15) is 11.1 Å². The second kappa shape index (κ2) is 6.64. The van der Waals surface area contributed by atoms with Crippen molar-refractivity contribution in [1.29, 1.82) is 5.26 Å². The van der Waals surface area contributed by atoms with E-state index in [9.17, 15) is 17.2 Å². The summed E-state index contributed by atoms with van der Waals surface area (Å²) in [7, 11) is -3.86. The Bertz CT molecular complexity index is 830. The highest BCUT2D eigenvalue weighted by Crippen LogP contribution is 2.14. The molecular weight excluding hydrogens is 310 g/mol. The van der Waals surface area contributed by atoms with E-state index >= 15 is 0 Å². The molecule has 2 rings (SSSR count). The average Bonchev–Trinajstić information content (AvgIpc) is 2.49. The number of halogens is 2. The normalized spacial score (nSPS) is 11.1. The number of nitrogens with one attached hydrogen (secondary N) is 1. The topological polar surface area (TPSA) is 70.0 Å². The van der Waals surface area contributed by atoms with Gasteiger partial charge in [-0.05, 0) is 30.2 Å². The van der Waals surface area contributed by atoms with E-state index in [1.807, 2.05) is 0 Å². The SMILES string of the molecule is N#Cc1ccccc1S(=O)(=O)NCCc1ccc(F)cc1F. The number of nitriles is 1. The smallest absolute Gasteiger partial charge is 0.211 e. The molecule has 4 nitrogen and oxygen atoms in total. The zero-order valence-electron chi connectivity index (χ0n) is 11.4. The summed E-state index contributed by atoms with van der Waals surface area (Å²) in [6.07, 6.45) is 0.0695. The molecule has 0 saturated carbocycles. The van der Waals surface area contributed by atoms with Crippen LogP contribution in [0.15, 0.2) is 47.4 Å². The minimum absolute atomic E-state index is 0.0305. The summed E-state index contributed by atoms with van der Waals surface area (Å²) in [5, 5.41) is 8.92. The molecule has 0 unspecified atom stereocenters. The molecule has 0 aliphatic rings. The van der Waals surface area contributed by atoms with E-state index < -0.39 is 21.7 Å². The van der Waals surface area contributed by atoms with E-state index in [0.29, 0.717) is 0 Å². The summed E-state index contributed by atoms with van der Waals surface area (Å²) in [5.74, 6) is -1.42. The number of nitrogens with zero attached hydrogens (tertiary/aromatic N) is 1. The van der Waals surface area contributed by atoms with Crippen LogP contribution in [-0.4, -0.2) is 15.0 Å². The second-order valence-electron chi connectivity index (χ2n) is 4.49. The largest absolute Gasteiger partial charge is 0.241 e. The molecule has 1 N–H and O–H groups in total. The van der Waals surface area contributed by atoms with Crippen LogP contribution in [0.5, 0.6) is 0 Å². The maximum atomic E-state index is 13.5. The van der Waals surface area contributed by atoms with Crippen molar-refractivity contribution in [2.75, 3.05) is 6.54 Å². The Balaban J connectivity index is 2.09. The third kappa shape index (κ3) is 3.67. The van der Waals surface area contributed by atoms with Crippen molar-refractivity contribution in [2.45, 2.75) is 11.3 Å². The van der Waals surface area contributed by atoms with E-state index in [1.54, 1.807) is 12.1 Å². The van der Waals surface area contributed by atoms with Gasteiger partial charge in [0.05, 0.1) is 10.5 Å². The quantitative estimate of drug-likeness (QED) is 0.918. The van der Waals surface area contributed by atoms with Gasteiger partial charge in [-0.2, -0.15) is 5.26 Å². The van der Waals surface area contributed by atoms with Gasteiger partial charge in [-0.15, -0.1) is 0 Å². The maximum Gasteiger partial charge on any atom is 0.241 e. The molecule has 0 radical (unpaired) electrons. The molecule has 2 aromatic rings. The molecule has 0 heterocycles. The summed E-state index contributed by atoms with van der Waals surface area (Å²) < 4.78 is 52.8. The third-order valence-electron chi connectivity index (χ3n) is 3.00. The molecule has 0 saturated heterocycles. The van der Waals surface area contributed by atoms with Gasteiger partial charge in [-0.3, -0.25) is 0 Å². The van der Waals surface area contributed by atoms with Gasteiger partial charge in [0.1, 0.15) is 17.7 Å². The fraction of sp³-hybridized carbons (Fsp3) is 0.133. The number of hydrogen-bond donors (Lipinski definition) is 1. The van der Waals surface area contributed by atoms with Crippen LogP contribution in [0.25, 0.3) is 0 Å². The molecule has 0 aromatic heterocycles. The summed E-state index contributed by atoms with van der Waals surface area (Å²) in [4.78, 5) is -0.128. The lowest BCUT2D eigenvalue weighted by Crippen LogP contribution is -2.26. The zero-order chi connectivity index (χ0) is 16.2. The monoisotopic (exact) mass is 322 g/mol. The van der Waals surface area contributed by atoms with Crippen molar-refractivity contribution in [2.24, 2.45) is 0 Å². The van der Waals surface area contributed by atoms with Gasteiger partial charge >= 0.3 is 0 Å². The number of benzene rings is 2. The minimum atomic E-state index is -3.86. The lowest BCUT2D eigenvalue weighted by molar-refractivity contribution is 0.565. The van der Waals surface area contributed by atoms with Crippen molar-refractivity contribution in [3.63, 3.8) is 0 Å². The van der Waals surface area contributed by atoms with Gasteiger partial charge < -0.3 is 0 Å². The lowest BCUT2D eigenvalue weighted by atomic mass is 10.1. The van der Waals surface area contributed by atoms with Crippen LogP contribution in [0.4, 0.5) is 8.78 Å². The van der Waals surface area contributed by atoms with Crippen molar-refractivity contribution >= 4 is 10.0 Å². The van der Waals surface area contributed by atoms with E-state index in [2.05, 4.69) is 4.72 Å². The summed E-state index contributed by atoms with van der Waals surface area (Å²) in [6.45, 7) is -0.0648. The Morgan fingerprint density at radius 1 is 1.14 bits per heavy atom. The molecule has 0 bridgehead atoms. The molecule has 2 aromatic carbocycles. The Kier molecular flexibility index (Phi) is 4.85. The van der Waals surface area contributed by atoms with Crippen molar-refractivity contribution < 1.29 is 17.2 Å². The van der Waals surface area contributed by atoms with Crippen molar-refractivity contribution in [1.82, 2.24) is 4.72 Å². The highest BCUT2D eigenvalue weighted by atomic mass is 32.2.